The van der Waals surface area contributed by atoms with Gasteiger partial charge in [0.2, 0.25) is 0 Å². The van der Waals surface area contributed by atoms with Crippen molar-refractivity contribution in [2.45, 2.75) is 13.3 Å². The molecule has 0 aliphatic rings. The van der Waals surface area contributed by atoms with Gasteiger partial charge in [-0.1, -0.05) is 0 Å². The van der Waals surface area contributed by atoms with Gasteiger partial charge in [0.15, 0.2) is 5.78 Å². The number of anilines is 1. The molecule has 0 spiro atoms. The van der Waals surface area contributed by atoms with Crippen molar-refractivity contribution in [2.75, 3.05) is 5.73 Å². The third-order valence-electron chi connectivity index (χ3n) is 1.79. The highest BCUT2D eigenvalue weighted by molar-refractivity contribution is 14.1. The summed E-state index contributed by atoms with van der Waals surface area (Å²) in [6.45, 7) is 1.37. The fourth-order valence-electron chi connectivity index (χ4n) is 1.07. The van der Waals surface area contributed by atoms with Crippen molar-refractivity contribution in [2.24, 2.45) is 0 Å². The average molecular weight is 311 g/mol. The smallest absolute Gasteiger partial charge is 0.266 e. The maximum absolute atomic E-state index is 12.5. The minimum Gasteiger partial charge on any atom is -0.398 e. The Hall–Kier alpha value is -0.720. The summed E-state index contributed by atoms with van der Waals surface area (Å²) >= 11 is 1.75. The lowest BCUT2D eigenvalue weighted by Crippen LogP contribution is -2.02. The topological polar surface area (TPSA) is 43.1 Å². The predicted molar refractivity (Wildman–Crippen MR) is 58.5 cm³/mol. The van der Waals surface area contributed by atoms with Crippen LogP contribution in [0.1, 0.15) is 29.3 Å². The van der Waals surface area contributed by atoms with Crippen LogP contribution in [0, 0.1) is 3.57 Å². The van der Waals surface area contributed by atoms with Crippen LogP contribution in [0.15, 0.2) is 12.1 Å². The van der Waals surface area contributed by atoms with Crippen molar-refractivity contribution in [3.05, 3.63) is 26.8 Å². The highest BCUT2D eigenvalue weighted by Crippen LogP contribution is 2.30. The van der Waals surface area contributed by atoms with E-state index in [1.54, 1.807) is 22.6 Å². The van der Waals surface area contributed by atoms with E-state index < -0.39 is 6.43 Å². The van der Waals surface area contributed by atoms with Crippen molar-refractivity contribution in [3.63, 3.8) is 0 Å². The second-order valence-corrected chi connectivity index (χ2v) is 3.98. The molecule has 1 rings (SSSR count). The van der Waals surface area contributed by atoms with E-state index in [-0.39, 0.29) is 17.0 Å². The Morgan fingerprint density at radius 1 is 1.50 bits per heavy atom. The quantitative estimate of drug-likeness (QED) is 0.518. The number of hydrogen-bond acceptors (Lipinski definition) is 2. The molecule has 0 aliphatic carbocycles. The van der Waals surface area contributed by atoms with E-state index in [1.165, 1.54) is 19.1 Å². The van der Waals surface area contributed by atoms with Gasteiger partial charge in [-0.3, -0.25) is 4.79 Å². The summed E-state index contributed by atoms with van der Waals surface area (Å²) in [5, 5.41) is 0. The summed E-state index contributed by atoms with van der Waals surface area (Å²) in [6, 6.07) is 2.70. The number of alkyl halides is 2. The van der Waals surface area contributed by atoms with E-state index in [2.05, 4.69) is 0 Å². The first kappa shape index (κ1) is 11.4. The SMILES string of the molecule is CC(=O)c1cc(N)c(C(F)F)c(I)c1. The maximum atomic E-state index is 12.5. The van der Waals surface area contributed by atoms with Crippen LogP contribution in [0.4, 0.5) is 14.5 Å². The average Bonchev–Trinajstić information content (AvgIpc) is 2.01. The van der Waals surface area contributed by atoms with Crippen LogP contribution in [0.3, 0.4) is 0 Å². The van der Waals surface area contributed by atoms with Crippen LogP contribution in [-0.2, 0) is 0 Å². The molecular weight excluding hydrogens is 303 g/mol. The van der Waals surface area contributed by atoms with Crippen LogP contribution in [0.5, 0.6) is 0 Å². The van der Waals surface area contributed by atoms with Crippen molar-refractivity contribution in [1.29, 1.82) is 0 Å². The van der Waals surface area contributed by atoms with Crippen molar-refractivity contribution >= 4 is 34.1 Å². The molecule has 0 bridgehead atoms. The molecule has 0 atom stereocenters. The normalized spacial score (nSPS) is 10.6. The van der Waals surface area contributed by atoms with Gasteiger partial charge >= 0.3 is 0 Å². The molecule has 0 amide bonds. The predicted octanol–water partition coefficient (Wildman–Crippen LogP) is 3.01. The maximum Gasteiger partial charge on any atom is 0.266 e. The zero-order chi connectivity index (χ0) is 10.9. The number of nitrogen functional groups attached to an aromatic ring is 1. The van der Waals surface area contributed by atoms with Gasteiger partial charge in [-0.2, -0.15) is 0 Å². The lowest BCUT2D eigenvalue weighted by molar-refractivity contribution is 0.101. The first-order valence-corrected chi connectivity index (χ1v) is 4.89. The lowest BCUT2D eigenvalue weighted by atomic mass is 10.1. The molecule has 2 N–H and O–H groups in total. The third-order valence-corrected chi connectivity index (χ3v) is 2.68. The van der Waals surface area contributed by atoms with Crippen LogP contribution in [0.2, 0.25) is 0 Å². The summed E-state index contributed by atoms with van der Waals surface area (Å²) in [6.07, 6.45) is -2.61. The highest BCUT2D eigenvalue weighted by atomic mass is 127. The fraction of sp³-hybridized carbons (Fsp3) is 0.222. The Morgan fingerprint density at radius 2 is 2.07 bits per heavy atom. The molecule has 0 radical (unpaired) electrons. The van der Waals surface area contributed by atoms with Crippen LogP contribution in [-0.4, -0.2) is 5.78 Å². The Kier molecular flexibility index (Phi) is 3.41. The second-order valence-electron chi connectivity index (χ2n) is 2.82. The van der Waals surface area contributed by atoms with Crippen molar-refractivity contribution in [3.8, 4) is 0 Å². The number of halogens is 3. The van der Waals surface area contributed by atoms with E-state index in [0.717, 1.165) is 0 Å². The molecule has 0 aliphatic heterocycles. The number of hydrogen-bond donors (Lipinski definition) is 1. The Labute approximate surface area is 93.6 Å². The summed E-state index contributed by atoms with van der Waals surface area (Å²) in [5.41, 5.74) is 5.55. The molecule has 0 aromatic heterocycles. The van der Waals surface area contributed by atoms with Gasteiger partial charge in [-0.25, -0.2) is 8.78 Å². The molecular formula is C9H8F2INO. The molecule has 0 saturated carbocycles. The number of carbonyl (C=O) groups excluding carboxylic acids is 1. The Morgan fingerprint density at radius 3 is 2.43 bits per heavy atom. The van der Waals surface area contributed by atoms with E-state index in [0.29, 0.717) is 9.13 Å². The van der Waals surface area contributed by atoms with Gasteiger partial charge in [0, 0.05) is 14.8 Å². The minimum atomic E-state index is -2.61. The van der Waals surface area contributed by atoms with Gasteiger partial charge in [-0.05, 0) is 41.6 Å². The van der Waals surface area contributed by atoms with Gasteiger partial charge in [0.05, 0.1) is 5.56 Å². The zero-order valence-corrected chi connectivity index (χ0v) is 9.51. The second kappa shape index (κ2) is 4.20. The fourth-order valence-corrected chi connectivity index (χ4v) is 1.95. The lowest BCUT2D eigenvalue weighted by Gasteiger charge is -2.08. The molecule has 2 nitrogen and oxygen atoms in total. The zero-order valence-electron chi connectivity index (χ0n) is 7.35. The highest BCUT2D eigenvalue weighted by Gasteiger charge is 2.17. The van der Waals surface area contributed by atoms with E-state index in [1.807, 2.05) is 0 Å². The standard InChI is InChI=1S/C9H8F2INO/c1-4(14)5-2-6(12)8(9(10)11)7(13)3-5/h2-3,9H,13H2,1H3. The number of benzene rings is 1. The van der Waals surface area contributed by atoms with Crippen LogP contribution in [0.25, 0.3) is 0 Å². The number of ketones is 1. The van der Waals surface area contributed by atoms with E-state index in [4.69, 9.17) is 5.73 Å². The minimum absolute atomic E-state index is 0.0305. The molecule has 0 heterocycles. The Bertz CT molecular complexity index is 356. The van der Waals surface area contributed by atoms with E-state index in [9.17, 15) is 13.6 Å². The van der Waals surface area contributed by atoms with Gasteiger partial charge in [0.1, 0.15) is 0 Å². The largest absolute Gasteiger partial charge is 0.398 e. The van der Waals surface area contributed by atoms with Gasteiger partial charge in [0.25, 0.3) is 6.43 Å². The number of carbonyl (C=O) groups is 1. The van der Waals surface area contributed by atoms with Gasteiger partial charge < -0.3 is 5.73 Å². The van der Waals surface area contributed by atoms with Gasteiger partial charge in [-0.15, -0.1) is 0 Å². The molecule has 0 saturated heterocycles. The molecule has 0 unspecified atom stereocenters. The molecule has 14 heavy (non-hydrogen) atoms. The third kappa shape index (κ3) is 2.20. The summed E-state index contributed by atoms with van der Waals surface area (Å²) in [4.78, 5) is 11.0. The Balaban J connectivity index is 3.32. The number of Topliss-reactive ketones (excluding diaryl/α,β-unsaturated/α-hetero) is 1. The first-order valence-electron chi connectivity index (χ1n) is 3.81. The summed E-state index contributed by atoms with van der Waals surface area (Å²) in [5.74, 6) is -0.185. The van der Waals surface area contributed by atoms with Crippen LogP contribution < -0.4 is 5.73 Å². The van der Waals surface area contributed by atoms with Crippen molar-refractivity contribution < 1.29 is 13.6 Å². The molecule has 1 aromatic rings. The van der Waals surface area contributed by atoms with Crippen molar-refractivity contribution in [1.82, 2.24) is 0 Å². The molecule has 1 aromatic carbocycles. The first-order chi connectivity index (χ1) is 6.43. The van der Waals surface area contributed by atoms with Crippen LogP contribution >= 0.6 is 22.6 Å². The monoisotopic (exact) mass is 311 g/mol. The summed E-state index contributed by atoms with van der Waals surface area (Å²) in [7, 11) is 0. The molecule has 76 valence electrons. The number of nitrogens with two attached hydrogens (primary N) is 1. The van der Waals surface area contributed by atoms with E-state index >= 15 is 0 Å². The number of rotatable bonds is 2. The summed E-state index contributed by atoms with van der Waals surface area (Å²) < 4.78 is 25.2. The molecule has 5 heteroatoms. The molecule has 0 fully saturated rings.